The molecule has 1 aromatic heterocycles. The predicted octanol–water partition coefficient (Wildman–Crippen LogP) is 3.06. The van der Waals surface area contributed by atoms with E-state index in [1.807, 2.05) is 18.2 Å². The molecule has 5 nitrogen and oxygen atoms in total. The van der Waals surface area contributed by atoms with Crippen molar-refractivity contribution in [2.24, 2.45) is 0 Å². The highest BCUT2D eigenvalue weighted by Crippen LogP contribution is 2.19. The molecular formula is C21H23FN2O3. The van der Waals surface area contributed by atoms with Gasteiger partial charge in [-0.2, -0.15) is 0 Å². The molecule has 0 aliphatic rings. The van der Waals surface area contributed by atoms with Crippen molar-refractivity contribution in [3.8, 4) is 5.75 Å². The van der Waals surface area contributed by atoms with Gasteiger partial charge in [0.15, 0.2) is 0 Å². The minimum Gasteiger partial charge on any atom is -0.497 e. The van der Waals surface area contributed by atoms with Gasteiger partial charge in [0.2, 0.25) is 0 Å². The molecule has 0 fully saturated rings. The lowest BCUT2D eigenvalue weighted by molar-refractivity contribution is 0.212. The van der Waals surface area contributed by atoms with Crippen LogP contribution < -0.4 is 10.3 Å². The number of methoxy groups -OCH3 is 1. The second kappa shape index (κ2) is 8.79. The molecule has 0 atom stereocenters. The van der Waals surface area contributed by atoms with E-state index >= 15 is 0 Å². The van der Waals surface area contributed by atoms with Crippen LogP contribution in [0.4, 0.5) is 4.39 Å². The Bertz CT molecular complexity index is 954. The van der Waals surface area contributed by atoms with E-state index < -0.39 is 0 Å². The van der Waals surface area contributed by atoms with Crippen LogP contribution in [-0.2, 0) is 13.1 Å². The molecule has 142 valence electrons. The minimum atomic E-state index is -0.276. The predicted molar refractivity (Wildman–Crippen MR) is 103 cm³/mol. The van der Waals surface area contributed by atoms with Gasteiger partial charge in [-0.15, -0.1) is 0 Å². The number of fused-ring (bicyclic) bond motifs is 1. The maximum Gasteiger partial charge on any atom is 0.252 e. The number of hydrogen-bond acceptors (Lipinski definition) is 4. The molecule has 3 aromatic rings. The third-order valence-corrected chi connectivity index (χ3v) is 4.48. The van der Waals surface area contributed by atoms with Crippen LogP contribution in [0.25, 0.3) is 10.9 Å². The third-order valence-electron chi connectivity index (χ3n) is 4.48. The zero-order chi connectivity index (χ0) is 19.2. The molecule has 2 aromatic carbocycles. The van der Waals surface area contributed by atoms with Crippen molar-refractivity contribution in [2.45, 2.75) is 19.5 Å². The first-order valence-corrected chi connectivity index (χ1v) is 8.86. The number of rotatable bonds is 8. The lowest BCUT2D eigenvalue weighted by Gasteiger charge is -2.22. The Kier molecular flexibility index (Phi) is 6.21. The van der Waals surface area contributed by atoms with E-state index in [0.717, 1.165) is 16.5 Å². The number of halogens is 1. The normalized spacial score (nSPS) is 11.3. The van der Waals surface area contributed by atoms with E-state index in [4.69, 9.17) is 4.74 Å². The van der Waals surface area contributed by atoms with Crippen molar-refractivity contribution >= 4 is 10.9 Å². The molecule has 3 rings (SSSR count). The molecule has 2 N–H and O–H groups in total. The third kappa shape index (κ3) is 4.93. The summed E-state index contributed by atoms with van der Waals surface area (Å²) < 4.78 is 18.3. The molecule has 1 heterocycles. The first kappa shape index (κ1) is 19.1. The average Bonchev–Trinajstić information content (AvgIpc) is 2.68. The summed E-state index contributed by atoms with van der Waals surface area (Å²) in [5.41, 5.74) is 2.18. The first-order chi connectivity index (χ1) is 13.1. The first-order valence-electron chi connectivity index (χ1n) is 8.86. The van der Waals surface area contributed by atoms with Crippen LogP contribution in [0.1, 0.15) is 17.5 Å². The average molecular weight is 370 g/mol. The molecule has 0 radical (unpaired) electrons. The standard InChI is InChI=1S/C21H23FN2O3/c1-27-19-8-5-16-11-17(21(26)23-20(16)12-19)14-24(9-2-10-25)13-15-3-6-18(22)7-4-15/h3-8,11-12,25H,2,9-10,13-14H2,1H3,(H,23,26). The summed E-state index contributed by atoms with van der Waals surface area (Å²) in [6.07, 6.45) is 0.601. The van der Waals surface area contributed by atoms with Gasteiger partial charge in [0, 0.05) is 37.9 Å². The van der Waals surface area contributed by atoms with Crippen LogP contribution >= 0.6 is 0 Å². The molecule has 0 amide bonds. The van der Waals surface area contributed by atoms with E-state index in [2.05, 4.69) is 9.88 Å². The fourth-order valence-electron chi connectivity index (χ4n) is 3.07. The number of aromatic amines is 1. The Balaban J connectivity index is 1.84. The zero-order valence-corrected chi connectivity index (χ0v) is 15.2. The molecule has 0 aliphatic heterocycles. The lowest BCUT2D eigenvalue weighted by Crippen LogP contribution is -2.28. The van der Waals surface area contributed by atoms with Crippen molar-refractivity contribution in [3.05, 3.63) is 75.8 Å². The van der Waals surface area contributed by atoms with Gasteiger partial charge in [-0.05, 0) is 47.7 Å². The number of H-pyrrole nitrogens is 1. The fraction of sp³-hybridized carbons (Fsp3) is 0.286. The Morgan fingerprint density at radius 1 is 1.11 bits per heavy atom. The summed E-state index contributed by atoms with van der Waals surface area (Å²) in [6, 6.07) is 13.8. The van der Waals surface area contributed by atoms with Gasteiger partial charge < -0.3 is 14.8 Å². The number of ether oxygens (including phenoxy) is 1. The Hall–Kier alpha value is -2.70. The summed E-state index contributed by atoms with van der Waals surface area (Å²) in [4.78, 5) is 17.5. The van der Waals surface area contributed by atoms with E-state index in [0.29, 0.717) is 37.4 Å². The van der Waals surface area contributed by atoms with E-state index in [1.165, 1.54) is 12.1 Å². The monoisotopic (exact) mass is 370 g/mol. The molecule has 0 saturated carbocycles. The summed E-state index contributed by atoms with van der Waals surface area (Å²) in [5.74, 6) is 0.411. The number of pyridine rings is 1. The Labute approximate surface area is 157 Å². The summed E-state index contributed by atoms with van der Waals surface area (Å²) in [5, 5.41) is 10.1. The number of nitrogens with one attached hydrogen (secondary N) is 1. The smallest absolute Gasteiger partial charge is 0.252 e. The van der Waals surface area contributed by atoms with Gasteiger partial charge in [0.1, 0.15) is 11.6 Å². The van der Waals surface area contributed by atoms with Crippen LogP contribution in [0.3, 0.4) is 0 Å². The topological polar surface area (TPSA) is 65.6 Å². The molecule has 0 saturated heterocycles. The summed E-state index contributed by atoms with van der Waals surface area (Å²) >= 11 is 0. The van der Waals surface area contributed by atoms with Crippen molar-refractivity contribution < 1.29 is 14.2 Å². The maximum atomic E-state index is 13.1. The molecule has 27 heavy (non-hydrogen) atoms. The highest BCUT2D eigenvalue weighted by Gasteiger charge is 2.11. The number of hydrogen-bond donors (Lipinski definition) is 2. The summed E-state index contributed by atoms with van der Waals surface area (Å²) in [7, 11) is 1.59. The van der Waals surface area contributed by atoms with Crippen LogP contribution in [0.15, 0.2) is 53.3 Å². The number of nitrogens with zero attached hydrogens (tertiary/aromatic N) is 1. The quantitative estimate of drug-likeness (QED) is 0.640. The fourth-order valence-corrected chi connectivity index (χ4v) is 3.07. The van der Waals surface area contributed by atoms with Crippen LogP contribution in [0.2, 0.25) is 0 Å². The van der Waals surface area contributed by atoms with E-state index in [1.54, 1.807) is 25.3 Å². The number of aliphatic hydroxyl groups is 1. The highest BCUT2D eigenvalue weighted by atomic mass is 19.1. The largest absolute Gasteiger partial charge is 0.497 e. The van der Waals surface area contributed by atoms with Gasteiger partial charge in [0.25, 0.3) is 5.56 Å². The highest BCUT2D eigenvalue weighted by molar-refractivity contribution is 5.80. The maximum absolute atomic E-state index is 13.1. The van der Waals surface area contributed by atoms with Gasteiger partial charge >= 0.3 is 0 Å². The van der Waals surface area contributed by atoms with E-state index in [-0.39, 0.29) is 18.0 Å². The van der Waals surface area contributed by atoms with Crippen LogP contribution in [-0.4, -0.2) is 35.3 Å². The van der Waals surface area contributed by atoms with Gasteiger partial charge in [-0.1, -0.05) is 12.1 Å². The van der Waals surface area contributed by atoms with Crippen molar-refractivity contribution in [3.63, 3.8) is 0 Å². The van der Waals surface area contributed by atoms with Crippen molar-refractivity contribution in [1.82, 2.24) is 9.88 Å². The Morgan fingerprint density at radius 3 is 2.59 bits per heavy atom. The van der Waals surface area contributed by atoms with E-state index in [9.17, 15) is 14.3 Å². The number of benzene rings is 2. The van der Waals surface area contributed by atoms with Crippen LogP contribution in [0, 0.1) is 5.82 Å². The van der Waals surface area contributed by atoms with Crippen LogP contribution in [0.5, 0.6) is 5.75 Å². The zero-order valence-electron chi connectivity index (χ0n) is 15.2. The number of aliphatic hydroxyl groups excluding tert-OH is 1. The molecule has 0 bridgehead atoms. The second-order valence-electron chi connectivity index (χ2n) is 6.49. The van der Waals surface area contributed by atoms with Gasteiger partial charge in [-0.25, -0.2) is 4.39 Å². The van der Waals surface area contributed by atoms with Gasteiger partial charge in [-0.3, -0.25) is 9.69 Å². The Morgan fingerprint density at radius 2 is 1.89 bits per heavy atom. The SMILES string of the molecule is COc1ccc2cc(CN(CCCO)Cc3ccc(F)cc3)c(=O)[nH]c2c1. The lowest BCUT2D eigenvalue weighted by atomic mass is 10.1. The minimum absolute atomic E-state index is 0.0772. The molecular weight excluding hydrogens is 347 g/mol. The molecule has 0 spiro atoms. The second-order valence-corrected chi connectivity index (χ2v) is 6.49. The summed E-state index contributed by atoms with van der Waals surface area (Å²) in [6.45, 7) is 1.72. The molecule has 0 unspecified atom stereocenters. The van der Waals surface area contributed by atoms with Crippen molar-refractivity contribution in [1.29, 1.82) is 0 Å². The van der Waals surface area contributed by atoms with Crippen molar-refractivity contribution in [2.75, 3.05) is 20.3 Å². The molecule has 6 heteroatoms. The number of aromatic nitrogens is 1. The van der Waals surface area contributed by atoms with Gasteiger partial charge in [0.05, 0.1) is 12.6 Å². The molecule has 0 aliphatic carbocycles.